The quantitative estimate of drug-likeness (QED) is 0.698. The smallest absolute Gasteiger partial charge is 0.322 e. The largest absolute Gasteiger partial charge is 0.468 e. The Morgan fingerprint density at radius 3 is 2.73 bits per heavy atom. The summed E-state index contributed by atoms with van der Waals surface area (Å²) in [6.45, 7) is 1.98. The molecule has 1 aliphatic rings. The summed E-state index contributed by atoms with van der Waals surface area (Å²) in [7, 11) is 3.15. The van der Waals surface area contributed by atoms with Gasteiger partial charge in [0.1, 0.15) is 6.04 Å². The summed E-state index contributed by atoms with van der Waals surface area (Å²) in [4.78, 5) is 11.4. The van der Waals surface area contributed by atoms with Crippen LogP contribution >= 0.6 is 0 Å². The topological polar surface area (TPSA) is 47.6 Å². The van der Waals surface area contributed by atoms with E-state index in [1.165, 1.54) is 7.11 Å². The van der Waals surface area contributed by atoms with Gasteiger partial charge in [-0.3, -0.25) is 10.1 Å². The van der Waals surface area contributed by atoms with Gasteiger partial charge in [0.05, 0.1) is 13.2 Å². The van der Waals surface area contributed by atoms with Crippen molar-refractivity contribution >= 4 is 5.97 Å². The first kappa shape index (κ1) is 12.5. The highest BCUT2D eigenvalue weighted by atomic mass is 16.5. The van der Waals surface area contributed by atoms with Crippen molar-refractivity contribution in [2.75, 3.05) is 14.2 Å². The summed E-state index contributed by atoms with van der Waals surface area (Å²) in [5.41, 5.74) is 0. The van der Waals surface area contributed by atoms with Gasteiger partial charge >= 0.3 is 5.97 Å². The van der Waals surface area contributed by atoms with Crippen molar-refractivity contribution in [3.63, 3.8) is 0 Å². The summed E-state index contributed by atoms with van der Waals surface area (Å²) < 4.78 is 10.1. The van der Waals surface area contributed by atoms with Crippen LogP contribution in [-0.2, 0) is 14.3 Å². The minimum Gasteiger partial charge on any atom is -0.468 e. The summed E-state index contributed by atoms with van der Waals surface area (Å²) in [5.74, 6) is -0.181. The number of esters is 1. The van der Waals surface area contributed by atoms with Gasteiger partial charge < -0.3 is 9.47 Å². The molecule has 0 aromatic rings. The van der Waals surface area contributed by atoms with Crippen LogP contribution in [0.15, 0.2) is 0 Å². The Morgan fingerprint density at radius 1 is 1.47 bits per heavy atom. The maximum Gasteiger partial charge on any atom is 0.322 e. The van der Waals surface area contributed by atoms with Gasteiger partial charge in [-0.1, -0.05) is 6.92 Å². The molecule has 3 unspecified atom stereocenters. The molecule has 0 aromatic heterocycles. The molecule has 0 aliphatic heterocycles. The zero-order valence-corrected chi connectivity index (χ0v) is 9.79. The summed E-state index contributed by atoms with van der Waals surface area (Å²) >= 11 is 0. The van der Waals surface area contributed by atoms with Crippen LogP contribution in [0.3, 0.4) is 0 Å². The minimum absolute atomic E-state index is 0.181. The number of hydrogen-bond donors (Lipinski definition) is 1. The highest BCUT2D eigenvalue weighted by Gasteiger charge is 2.30. The molecule has 0 saturated heterocycles. The van der Waals surface area contributed by atoms with E-state index >= 15 is 0 Å². The van der Waals surface area contributed by atoms with E-state index in [0.717, 1.165) is 25.7 Å². The molecule has 15 heavy (non-hydrogen) atoms. The fourth-order valence-electron chi connectivity index (χ4n) is 2.15. The van der Waals surface area contributed by atoms with Crippen molar-refractivity contribution in [1.29, 1.82) is 0 Å². The standard InChI is InChI=1S/C11H21NO3/c1-4-8(11(13)15-3)12-9-6-5-7-10(9)14-2/h8-10,12H,4-7H2,1-3H3. The SMILES string of the molecule is CCC(NC1CCCC1OC)C(=O)OC. The zero-order chi connectivity index (χ0) is 11.3. The van der Waals surface area contributed by atoms with E-state index in [-0.39, 0.29) is 18.1 Å². The van der Waals surface area contributed by atoms with Gasteiger partial charge in [-0.25, -0.2) is 0 Å². The normalized spacial score (nSPS) is 27.7. The molecule has 88 valence electrons. The average molecular weight is 215 g/mol. The predicted octanol–water partition coefficient (Wildman–Crippen LogP) is 1.10. The van der Waals surface area contributed by atoms with Crippen LogP contribution < -0.4 is 5.32 Å². The van der Waals surface area contributed by atoms with Gasteiger partial charge in [0.2, 0.25) is 0 Å². The van der Waals surface area contributed by atoms with Gasteiger partial charge in [-0.2, -0.15) is 0 Å². The molecule has 0 spiro atoms. The lowest BCUT2D eigenvalue weighted by molar-refractivity contribution is -0.143. The van der Waals surface area contributed by atoms with E-state index in [1.54, 1.807) is 7.11 Å². The van der Waals surface area contributed by atoms with E-state index in [9.17, 15) is 4.79 Å². The minimum atomic E-state index is -0.198. The number of carbonyl (C=O) groups excluding carboxylic acids is 1. The van der Waals surface area contributed by atoms with Gasteiger partial charge in [-0.15, -0.1) is 0 Å². The third kappa shape index (κ3) is 3.18. The highest BCUT2D eigenvalue weighted by molar-refractivity contribution is 5.75. The van der Waals surface area contributed by atoms with E-state index in [2.05, 4.69) is 5.32 Å². The van der Waals surface area contributed by atoms with Crippen molar-refractivity contribution < 1.29 is 14.3 Å². The lowest BCUT2D eigenvalue weighted by Gasteiger charge is -2.24. The van der Waals surface area contributed by atoms with Crippen molar-refractivity contribution in [1.82, 2.24) is 5.32 Å². The van der Waals surface area contributed by atoms with E-state index < -0.39 is 0 Å². The molecule has 1 fully saturated rings. The molecule has 0 bridgehead atoms. The number of methoxy groups -OCH3 is 2. The van der Waals surface area contributed by atoms with Crippen molar-refractivity contribution in [3.05, 3.63) is 0 Å². The summed E-state index contributed by atoms with van der Waals surface area (Å²) in [6, 6.07) is 0.0924. The van der Waals surface area contributed by atoms with Crippen molar-refractivity contribution in [2.45, 2.75) is 50.8 Å². The van der Waals surface area contributed by atoms with E-state index in [1.807, 2.05) is 6.92 Å². The molecule has 3 atom stereocenters. The molecular formula is C11H21NO3. The first-order valence-electron chi connectivity index (χ1n) is 5.59. The summed E-state index contributed by atoms with van der Waals surface area (Å²) in [5, 5.41) is 3.32. The molecule has 0 amide bonds. The first-order valence-corrected chi connectivity index (χ1v) is 5.59. The number of nitrogens with one attached hydrogen (secondary N) is 1. The second-order valence-electron chi connectivity index (χ2n) is 3.96. The van der Waals surface area contributed by atoms with Crippen LogP contribution in [0.25, 0.3) is 0 Å². The van der Waals surface area contributed by atoms with Crippen LogP contribution in [0, 0.1) is 0 Å². The number of ether oxygens (including phenoxy) is 2. The summed E-state index contributed by atoms with van der Waals surface area (Å²) in [6.07, 6.45) is 4.30. The van der Waals surface area contributed by atoms with Crippen molar-refractivity contribution in [3.8, 4) is 0 Å². The van der Waals surface area contributed by atoms with Crippen LogP contribution in [0.2, 0.25) is 0 Å². The third-order valence-corrected chi connectivity index (χ3v) is 3.06. The van der Waals surface area contributed by atoms with E-state index in [4.69, 9.17) is 9.47 Å². The zero-order valence-electron chi connectivity index (χ0n) is 9.79. The average Bonchev–Trinajstić information content (AvgIpc) is 2.71. The molecule has 4 nitrogen and oxygen atoms in total. The second-order valence-corrected chi connectivity index (χ2v) is 3.96. The lowest BCUT2D eigenvalue weighted by Crippen LogP contribution is -2.47. The Morgan fingerprint density at radius 2 is 2.20 bits per heavy atom. The molecule has 1 N–H and O–H groups in total. The molecular weight excluding hydrogens is 194 g/mol. The van der Waals surface area contributed by atoms with Crippen LogP contribution in [0.1, 0.15) is 32.6 Å². The van der Waals surface area contributed by atoms with Crippen LogP contribution in [0.5, 0.6) is 0 Å². The van der Waals surface area contributed by atoms with E-state index in [0.29, 0.717) is 6.04 Å². The predicted molar refractivity (Wildman–Crippen MR) is 57.7 cm³/mol. The maximum absolute atomic E-state index is 11.4. The molecule has 4 heteroatoms. The Balaban J connectivity index is 2.47. The molecule has 0 heterocycles. The fraction of sp³-hybridized carbons (Fsp3) is 0.909. The van der Waals surface area contributed by atoms with Crippen LogP contribution in [-0.4, -0.2) is 38.4 Å². The lowest BCUT2D eigenvalue weighted by atomic mass is 10.1. The number of hydrogen-bond acceptors (Lipinski definition) is 4. The second kappa shape index (κ2) is 6.08. The molecule has 1 rings (SSSR count). The molecule has 0 aromatic carbocycles. The van der Waals surface area contributed by atoms with Gasteiger partial charge in [-0.05, 0) is 25.7 Å². The molecule has 0 radical (unpaired) electrons. The first-order chi connectivity index (χ1) is 7.22. The highest BCUT2D eigenvalue weighted by Crippen LogP contribution is 2.22. The Labute approximate surface area is 91.3 Å². The Hall–Kier alpha value is -0.610. The van der Waals surface area contributed by atoms with Crippen molar-refractivity contribution in [2.24, 2.45) is 0 Å². The number of rotatable bonds is 5. The fourth-order valence-corrected chi connectivity index (χ4v) is 2.15. The number of carbonyl (C=O) groups is 1. The van der Waals surface area contributed by atoms with Gasteiger partial charge in [0.15, 0.2) is 0 Å². The van der Waals surface area contributed by atoms with Gasteiger partial charge in [0.25, 0.3) is 0 Å². The molecule has 1 saturated carbocycles. The maximum atomic E-state index is 11.4. The monoisotopic (exact) mass is 215 g/mol. The third-order valence-electron chi connectivity index (χ3n) is 3.06. The van der Waals surface area contributed by atoms with Gasteiger partial charge in [0, 0.05) is 13.2 Å². The Bertz CT molecular complexity index is 208. The van der Waals surface area contributed by atoms with Crippen LogP contribution in [0.4, 0.5) is 0 Å². The molecule has 1 aliphatic carbocycles. The Kier molecular flexibility index (Phi) is 5.05.